The van der Waals surface area contributed by atoms with Gasteiger partial charge in [0.2, 0.25) is 0 Å². The van der Waals surface area contributed by atoms with Gasteiger partial charge in [0.15, 0.2) is 5.78 Å². The average molecular weight is 244 g/mol. The predicted molar refractivity (Wildman–Crippen MR) is 69.0 cm³/mol. The third kappa shape index (κ3) is 3.23. The number of aryl methyl sites for hydroxylation is 1. The minimum Gasteiger partial charge on any atom is -0.494 e. The SMILES string of the molecule is CCOc1ccc(C(=O)CCc2ccco2)cc1. The van der Waals surface area contributed by atoms with Crippen LogP contribution in [0.5, 0.6) is 5.75 Å². The van der Waals surface area contributed by atoms with Gasteiger partial charge in [-0.3, -0.25) is 4.79 Å². The van der Waals surface area contributed by atoms with Crippen LogP contribution >= 0.6 is 0 Å². The van der Waals surface area contributed by atoms with E-state index in [1.165, 1.54) is 0 Å². The molecule has 1 aromatic heterocycles. The topological polar surface area (TPSA) is 39.4 Å². The summed E-state index contributed by atoms with van der Waals surface area (Å²) in [6.45, 7) is 2.56. The van der Waals surface area contributed by atoms with Gasteiger partial charge in [-0.15, -0.1) is 0 Å². The molecule has 0 spiro atoms. The Morgan fingerprint density at radius 1 is 1.22 bits per heavy atom. The van der Waals surface area contributed by atoms with E-state index in [0.29, 0.717) is 25.0 Å². The van der Waals surface area contributed by atoms with E-state index < -0.39 is 0 Å². The normalized spacial score (nSPS) is 10.3. The summed E-state index contributed by atoms with van der Waals surface area (Å²) < 4.78 is 10.5. The number of ketones is 1. The molecule has 1 heterocycles. The van der Waals surface area contributed by atoms with Gasteiger partial charge >= 0.3 is 0 Å². The maximum Gasteiger partial charge on any atom is 0.163 e. The highest BCUT2D eigenvalue weighted by molar-refractivity contribution is 5.96. The van der Waals surface area contributed by atoms with E-state index in [-0.39, 0.29) is 5.78 Å². The fraction of sp³-hybridized carbons (Fsp3) is 0.267. The first kappa shape index (κ1) is 12.4. The lowest BCUT2D eigenvalue weighted by Crippen LogP contribution is -2.01. The van der Waals surface area contributed by atoms with E-state index in [2.05, 4.69) is 0 Å². The predicted octanol–water partition coefficient (Wildman–Crippen LogP) is 3.49. The largest absolute Gasteiger partial charge is 0.494 e. The average Bonchev–Trinajstić information content (AvgIpc) is 2.90. The second-order valence-electron chi connectivity index (χ2n) is 3.96. The van der Waals surface area contributed by atoms with E-state index in [1.807, 2.05) is 31.2 Å². The third-order valence-corrected chi connectivity index (χ3v) is 2.67. The molecular formula is C15H16O3. The van der Waals surface area contributed by atoms with Crippen molar-refractivity contribution in [1.82, 2.24) is 0 Å². The second kappa shape index (κ2) is 6.05. The van der Waals surface area contributed by atoms with Crippen LogP contribution in [0.1, 0.15) is 29.5 Å². The van der Waals surface area contributed by atoms with Crippen molar-refractivity contribution >= 4 is 5.78 Å². The van der Waals surface area contributed by atoms with E-state index in [4.69, 9.17) is 9.15 Å². The van der Waals surface area contributed by atoms with Crippen LogP contribution in [0.2, 0.25) is 0 Å². The number of Topliss-reactive ketones (excluding diaryl/α,β-unsaturated/α-hetero) is 1. The van der Waals surface area contributed by atoms with Gasteiger partial charge in [-0.05, 0) is 43.3 Å². The van der Waals surface area contributed by atoms with Crippen molar-refractivity contribution in [3.63, 3.8) is 0 Å². The lowest BCUT2D eigenvalue weighted by atomic mass is 10.1. The molecule has 18 heavy (non-hydrogen) atoms. The van der Waals surface area contributed by atoms with Gasteiger partial charge in [0.05, 0.1) is 12.9 Å². The summed E-state index contributed by atoms with van der Waals surface area (Å²) in [7, 11) is 0. The van der Waals surface area contributed by atoms with Gasteiger partial charge in [0.25, 0.3) is 0 Å². The van der Waals surface area contributed by atoms with Gasteiger partial charge < -0.3 is 9.15 Å². The highest BCUT2D eigenvalue weighted by Crippen LogP contribution is 2.14. The Morgan fingerprint density at radius 2 is 2.00 bits per heavy atom. The molecule has 0 aliphatic heterocycles. The first-order valence-electron chi connectivity index (χ1n) is 6.08. The molecule has 0 N–H and O–H groups in total. The minimum absolute atomic E-state index is 0.120. The molecular weight excluding hydrogens is 228 g/mol. The van der Waals surface area contributed by atoms with Crippen molar-refractivity contribution in [3.05, 3.63) is 54.0 Å². The summed E-state index contributed by atoms with van der Waals surface area (Å²) in [6.07, 6.45) is 2.72. The number of carbonyl (C=O) groups is 1. The monoisotopic (exact) mass is 244 g/mol. The van der Waals surface area contributed by atoms with Crippen LogP contribution in [0.3, 0.4) is 0 Å². The molecule has 2 rings (SSSR count). The number of carbonyl (C=O) groups excluding carboxylic acids is 1. The minimum atomic E-state index is 0.120. The first-order chi connectivity index (χ1) is 8.79. The number of hydrogen-bond acceptors (Lipinski definition) is 3. The van der Waals surface area contributed by atoms with Crippen molar-refractivity contribution in [2.45, 2.75) is 19.8 Å². The van der Waals surface area contributed by atoms with Gasteiger partial charge in [0, 0.05) is 18.4 Å². The fourth-order valence-electron chi connectivity index (χ4n) is 1.74. The Bertz CT molecular complexity index is 483. The highest BCUT2D eigenvalue weighted by Gasteiger charge is 2.07. The molecule has 0 fully saturated rings. The standard InChI is InChI=1S/C15H16O3/c1-2-17-14-7-5-12(6-8-14)15(16)10-9-13-4-3-11-18-13/h3-8,11H,2,9-10H2,1H3. The summed E-state index contributed by atoms with van der Waals surface area (Å²) in [6, 6.07) is 11.0. The smallest absolute Gasteiger partial charge is 0.163 e. The van der Waals surface area contributed by atoms with Crippen LogP contribution in [0, 0.1) is 0 Å². The molecule has 0 unspecified atom stereocenters. The molecule has 0 atom stereocenters. The molecule has 0 aliphatic rings. The molecule has 0 radical (unpaired) electrons. The maximum atomic E-state index is 11.9. The van der Waals surface area contributed by atoms with E-state index in [9.17, 15) is 4.79 Å². The van der Waals surface area contributed by atoms with Crippen molar-refractivity contribution in [3.8, 4) is 5.75 Å². The Labute approximate surface area is 106 Å². The maximum absolute atomic E-state index is 11.9. The van der Waals surface area contributed by atoms with Crippen LogP contribution < -0.4 is 4.74 Å². The molecule has 0 saturated heterocycles. The first-order valence-corrected chi connectivity index (χ1v) is 6.08. The number of rotatable bonds is 6. The number of hydrogen-bond donors (Lipinski definition) is 0. The molecule has 0 saturated carbocycles. The molecule has 1 aromatic carbocycles. The molecule has 3 nitrogen and oxygen atoms in total. The van der Waals surface area contributed by atoms with E-state index in [1.54, 1.807) is 18.4 Å². The Hall–Kier alpha value is -2.03. The van der Waals surface area contributed by atoms with E-state index in [0.717, 1.165) is 11.5 Å². The zero-order valence-corrected chi connectivity index (χ0v) is 10.4. The van der Waals surface area contributed by atoms with E-state index >= 15 is 0 Å². The summed E-state index contributed by atoms with van der Waals surface area (Å²) in [5.41, 5.74) is 0.713. The molecule has 0 bridgehead atoms. The highest BCUT2D eigenvalue weighted by atomic mass is 16.5. The third-order valence-electron chi connectivity index (χ3n) is 2.67. The lowest BCUT2D eigenvalue weighted by Gasteiger charge is -2.04. The van der Waals surface area contributed by atoms with Crippen molar-refractivity contribution in [1.29, 1.82) is 0 Å². The van der Waals surface area contributed by atoms with Gasteiger partial charge in [-0.25, -0.2) is 0 Å². The van der Waals surface area contributed by atoms with Gasteiger partial charge in [-0.1, -0.05) is 0 Å². The van der Waals surface area contributed by atoms with Crippen molar-refractivity contribution in [2.24, 2.45) is 0 Å². The summed E-state index contributed by atoms with van der Waals surface area (Å²) in [5, 5.41) is 0. The second-order valence-corrected chi connectivity index (χ2v) is 3.96. The number of ether oxygens (including phenoxy) is 1. The Morgan fingerprint density at radius 3 is 2.61 bits per heavy atom. The van der Waals surface area contributed by atoms with Crippen LogP contribution in [0.4, 0.5) is 0 Å². The Balaban J connectivity index is 1.92. The van der Waals surface area contributed by atoms with Crippen LogP contribution in [-0.4, -0.2) is 12.4 Å². The van der Waals surface area contributed by atoms with Gasteiger partial charge in [-0.2, -0.15) is 0 Å². The zero-order chi connectivity index (χ0) is 12.8. The van der Waals surface area contributed by atoms with Crippen LogP contribution in [-0.2, 0) is 6.42 Å². The van der Waals surface area contributed by atoms with Gasteiger partial charge in [0.1, 0.15) is 11.5 Å². The molecule has 2 aromatic rings. The zero-order valence-electron chi connectivity index (χ0n) is 10.4. The van der Waals surface area contributed by atoms with Crippen molar-refractivity contribution in [2.75, 3.05) is 6.61 Å². The summed E-state index contributed by atoms with van der Waals surface area (Å²) in [5.74, 6) is 1.75. The molecule has 0 aliphatic carbocycles. The number of benzene rings is 1. The summed E-state index contributed by atoms with van der Waals surface area (Å²) in [4.78, 5) is 11.9. The quantitative estimate of drug-likeness (QED) is 0.730. The fourth-order valence-corrected chi connectivity index (χ4v) is 1.74. The molecule has 0 amide bonds. The Kier molecular flexibility index (Phi) is 4.18. The molecule has 3 heteroatoms. The van der Waals surface area contributed by atoms with Crippen LogP contribution in [0.25, 0.3) is 0 Å². The number of furan rings is 1. The summed E-state index contributed by atoms with van der Waals surface area (Å²) >= 11 is 0. The van der Waals surface area contributed by atoms with Crippen LogP contribution in [0.15, 0.2) is 47.1 Å². The van der Waals surface area contributed by atoms with Crippen molar-refractivity contribution < 1.29 is 13.9 Å². The lowest BCUT2D eigenvalue weighted by molar-refractivity contribution is 0.0981. The molecule has 94 valence electrons.